The minimum Gasteiger partial charge on any atom is -0.294 e. The zero-order chi connectivity index (χ0) is 19.8. The largest absolute Gasteiger partial charge is 0.294 e. The number of rotatable bonds is 9. The molecule has 2 aromatic rings. The van der Waals surface area contributed by atoms with Crippen LogP contribution in [0.15, 0.2) is 36.7 Å². The molecule has 150 valence electrons. The van der Waals surface area contributed by atoms with Crippen molar-refractivity contribution >= 4 is 17.4 Å². The van der Waals surface area contributed by atoms with Crippen LogP contribution in [-0.2, 0) is 6.42 Å². The molecule has 1 fully saturated rings. The van der Waals surface area contributed by atoms with E-state index in [1.165, 1.54) is 24.8 Å². The maximum absolute atomic E-state index is 12.6. The van der Waals surface area contributed by atoms with Crippen LogP contribution in [0.1, 0.15) is 74.2 Å². The Morgan fingerprint density at radius 3 is 2.29 bits per heavy atom. The van der Waals surface area contributed by atoms with Gasteiger partial charge in [0.25, 0.3) is 0 Å². The Hall–Kier alpha value is -1.74. The molecule has 0 radical (unpaired) electrons. The van der Waals surface area contributed by atoms with Crippen LogP contribution < -0.4 is 0 Å². The molecular weight excluding hydrogens is 368 g/mol. The van der Waals surface area contributed by atoms with E-state index in [-0.39, 0.29) is 5.78 Å². The van der Waals surface area contributed by atoms with Gasteiger partial charge in [-0.15, -0.1) is 11.6 Å². The van der Waals surface area contributed by atoms with E-state index in [4.69, 9.17) is 11.6 Å². The van der Waals surface area contributed by atoms with Gasteiger partial charge in [0.1, 0.15) is 0 Å². The summed E-state index contributed by atoms with van der Waals surface area (Å²) in [7, 11) is 0. The number of aryl methyl sites for hydroxylation is 1. The Morgan fingerprint density at radius 2 is 1.68 bits per heavy atom. The fraction of sp³-hybridized carbons (Fsp3) is 0.542. The Kier molecular flexibility index (Phi) is 8.02. The zero-order valence-electron chi connectivity index (χ0n) is 16.9. The molecule has 1 aromatic heterocycles. The number of halogens is 1. The van der Waals surface area contributed by atoms with Crippen molar-refractivity contribution < 1.29 is 4.79 Å². The molecule has 1 aliphatic carbocycles. The summed E-state index contributed by atoms with van der Waals surface area (Å²) in [6, 6.07) is 8.38. The highest BCUT2D eigenvalue weighted by Gasteiger charge is 2.23. The summed E-state index contributed by atoms with van der Waals surface area (Å²) in [6.07, 6.45) is 13.4. The van der Waals surface area contributed by atoms with Gasteiger partial charge in [0.05, 0.1) is 5.56 Å². The van der Waals surface area contributed by atoms with Crippen LogP contribution in [0.5, 0.6) is 0 Å². The van der Waals surface area contributed by atoms with Crippen LogP contribution in [0.3, 0.4) is 0 Å². The van der Waals surface area contributed by atoms with Crippen molar-refractivity contribution in [1.82, 2.24) is 9.97 Å². The number of alkyl halides is 1. The molecule has 1 saturated carbocycles. The highest BCUT2D eigenvalue weighted by atomic mass is 35.5. The average molecular weight is 399 g/mol. The van der Waals surface area contributed by atoms with Gasteiger partial charge in [0.15, 0.2) is 11.6 Å². The highest BCUT2D eigenvalue weighted by Crippen LogP contribution is 2.34. The second-order valence-corrected chi connectivity index (χ2v) is 8.47. The van der Waals surface area contributed by atoms with Gasteiger partial charge in [-0.2, -0.15) is 0 Å². The average Bonchev–Trinajstić information content (AvgIpc) is 2.74. The second kappa shape index (κ2) is 10.7. The first-order valence-corrected chi connectivity index (χ1v) is 11.2. The molecule has 28 heavy (non-hydrogen) atoms. The van der Waals surface area contributed by atoms with Crippen molar-refractivity contribution in [2.45, 2.75) is 64.7 Å². The summed E-state index contributed by atoms with van der Waals surface area (Å²) in [6.45, 7) is 2.18. The molecule has 0 amide bonds. The number of carbonyl (C=O) groups excluding carboxylic acids is 1. The number of nitrogens with zero attached hydrogens (tertiary/aromatic N) is 2. The molecule has 3 nitrogen and oxygen atoms in total. The maximum Gasteiger partial charge on any atom is 0.166 e. The van der Waals surface area contributed by atoms with Gasteiger partial charge < -0.3 is 0 Å². The molecule has 0 aliphatic heterocycles. The van der Waals surface area contributed by atoms with Crippen molar-refractivity contribution in [2.24, 2.45) is 11.8 Å². The summed E-state index contributed by atoms with van der Waals surface area (Å²) < 4.78 is 0. The lowest BCUT2D eigenvalue weighted by Gasteiger charge is -2.28. The molecular formula is C24H31ClN2O. The first kappa shape index (κ1) is 21.0. The smallest absolute Gasteiger partial charge is 0.166 e. The molecule has 1 aromatic carbocycles. The van der Waals surface area contributed by atoms with E-state index < -0.39 is 0 Å². The maximum atomic E-state index is 12.6. The van der Waals surface area contributed by atoms with Crippen LogP contribution in [0.2, 0.25) is 0 Å². The van der Waals surface area contributed by atoms with Gasteiger partial charge in [-0.1, -0.05) is 50.5 Å². The van der Waals surface area contributed by atoms with Gasteiger partial charge in [0, 0.05) is 30.3 Å². The summed E-state index contributed by atoms with van der Waals surface area (Å²) in [5.41, 5.74) is 2.96. The van der Waals surface area contributed by atoms with Crippen LogP contribution in [0.4, 0.5) is 0 Å². The Morgan fingerprint density at radius 1 is 1.04 bits per heavy atom. The molecule has 1 heterocycles. The number of hydrogen-bond acceptors (Lipinski definition) is 3. The van der Waals surface area contributed by atoms with Crippen LogP contribution in [0, 0.1) is 11.8 Å². The fourth-order valence-corrected chi connectivity index (χ4v) is 4.35. The van der Waals surface area contributed by atoms with E-state index >= 15 is 0 Å². The summed E-state index contributed by atoms with van der Waals surface area (Å²) >= 11 is 5.80. The van der Waals surface area contributed by atoms with Crippen molar-refractivity contribution in [2.75, 3.05) is 5.88 Å². The topological polar surface area (TPSA) is 42.9 Å². The van der Waals surface area contributed by atoms with E-state index in [9.17, 15) is 4.79 Å². The standard InChI is InChI=1S/C24H31ClN2O/c1-2-4-18-10-12-21(13-11-18)24-26-16-22(17-27-24)23(28)15-20-8-6-19(7-9-20)5-3-14-25/h10-13,16-17,19-20H,2-9,14-15H2,1H3. The van der Waals surface area contributed by atoms with Crippen LogP contribution >= 0.6 is 11.6 Å². The Labute approximate surface area is 173 Å². The SMILES string of the molecule is CCCc1ccc(-c2ncc(C(=O)CC3CCC(CCCCl)CC3)cn2)cc1. The normalized spacial score (nSPS) is 19.5. The third-order valence-corrected chi connectivity index (χ3v) is 6.18. The van der Waals surface area contributed by atoms with Crippen LogP contribution in [0.25, 0.3) is 11.4 Å². The van der Waals surface area contributed by atoms with Crippen molar-refractivity contribution in [3.05, 3.63) is 47.8 Å². The molecule has 0 bridgehead atoms. The number of aromatic nitrogens is 2. The number of ketones is 1. The zero-order valence-corrected chi connectivity index (χ0v) is 17.6. The predicted octanol–water partition coefficient (Wildman–Crippen LogP) is 6.49. The molecule has 0 atom stereocenters. The monoisotopic (exact) mass is 398 g/mol. The molecule has 0 N–H and O–H groups in total. The van der Waals surface area contributed by atoms with Crippen molar-refractivity contribution in [3.63, 3.8) is 0 Å². The first-order chi connectivity index (χ1) is 13.7. The lowest BCUT2D eigenvalue weighted by atomic mass is 9.78. The number of hydrogen-bond donors (Lipinski definition) is 0. The van der Waals surface area contributed by atoms with E-state index in [0.29, 0.717) is 23.7 Å². The van der Waals surface area contributed by atoms with E-state index in [1.807, 2.05) is 0 Å². The number of benzene rings is 1. The van der Waals surface area contributed by atoms with E-state index in [2.05, 4.69) is 41.2 Å². The summed E-state index contributed by atoms with van der Waals surface area (Å²) in [5.74, 6) is 2.92. The molecule has 4 heteroatoms. The van der Waals surface area contributed by atoms with Crippen molar-refractivity contribution in [1.29, 1.82) is 0 Å². The van der Waals surface area contributed by atoms with E-state index in [1.54, 1.807) is 12.4 Å². The highest BCUT2D eigenvalue weighted by molar-refractivity contribution is 6.17. The van der Waals surface area contributed by atoms with Crippen LogP contribution in [-0.4, -0.2) is 21.6 Å². The lowest BCUT2D eigenvalue weighted by Crippen LogP contribution is -2.18. The molecule has 1 aliphatic rings. The summed E-state index contributed by atoms with van der Waals surface area (Å²) in [4.78, 5) is 21.5. The number of Topliss-reactive ketones (excluding diaryl/α,β-unsaturated/α-hetero) is 1. The van der Waals surface area contributed by atoms with Gasteiger partial charge in [-0.3, -0.25) is 4.79 Å². The quantitative estimate of drug-likeness (QED) is 0.358. The van der Waals surface area contributed by atoms with E-state index in [0.717, 1.165) is 49.5 Å². The number of carbonyl (C=O) groups is 1. The van der Waals surface area contributed by atoms with Gasteiger partial charge in [-0.05, 0) is 49.5 Å². The van der Waals surface area contributed by atoms with Gasteiger partial charge >= 0.3 is 0 Å². The molecule has 3 rings (SSSR count). The van der Waals surface area contributed by atoms with Gasteiger partial charge in [0.2, 0.25) is 0 Å². The third-order valence-electron chi connectivity index (χ3n) is 5.91. The fourth-order valence-electron chi connectivity index (χ4n) is 4.20. The Balaban J connectivity index is 1.52. The first-order valence-electron chi connectivity index (χ1n) is 10.7. The Bertz CT molecular complexity index is 734. The minimum atomic E-state index is 0.175. The van der Waals surface area contributed by atoms with Gasteiger partial charge in [-0.25, -0.2) is 9.97 Å². The second-order valence-electron chi connectivity index (χ2n) is 8.09. The predicted molar refractivity (Wildman–Crippen MR) is 116 cm³/mol. The molecule has 0 spiro atoms. The summed E-state index contributed by atoms with van der Waals surface area (Å²) in [5, 5.41) is 0. The lowest BCUT2D eigenvalue weighted by molar-refractivity contribution is 0.0941. The molecule has 0 saturated heterocycles. The molecule has 0 unspecified atom stereocenters. The minimum absolute atomic E-state index is 0.175. The third kappa shape index (κ3) is 5.88. The van der Waals surface area contributed by atoms with Crippen molar-refractivity contribution in [3.8, 4) is 11.4 Å².